The van der Waals surface area contributed by atoms with E-state index in [2.05, 4.69) is 50.4 Å². The van der Waals surface area contributed by atoms with Gasteiger partial charge in [-0.2, -0.15) is 0 Å². The van der Waals surface area contributed by atoms with Crippen molar-refractivity contribution in [3.05, 3.63) is 72.1 Å². The Bertz CT molecular complexity index is 1230. The number of amides is 2. The molecule has 0 bridgehead atoms. The van der Waals surface area contributed by atoms with Crippen molar-refractivity contribution in [3.63, 3.8) is 0 Å². The van der Waals surface area contributed by atoms with Gasteiger partial charge in [0.15, 0.2) is 0 Å². The minimum absolute atomic E-state index is 0.193. The van der Waals surface area contributed by atoms with Crippen molar-refractivity contribution < 1.29 is 9.53 Å². The quantitative estimate of drug-likeness (QED) is 0.410. The van der Waals surface area contributed by atoms with E-state index in [1.165, 1.54) is 0 Å². The summed E-state index contributed by atoms with van der Waals surface area (Å²) in [6, 6.07) is 14.4. The highest BCUT2D eigenvalue weighted by Crippen LogP contribution is 2.30. The number of benzene rings is 2. The predicted molar refractivity (Wildman–Crippen MR) is 127 cm³/mol. The zero-order chi connectivity index (χ0) is 22.5. The summed E-state index contributed by atoms with van der Waals surface area (Å²) in [5.41, 5.74) is 2.36. The Balaban J connectivity index is 1.39. The molecule has 9 heteroatoms. The number of rotatable bonds is 7. The molecule has 4 aromatic rings. The zero-order valence-electron chi connectivity index (χ0n) is 17.7. The highest BCUT2D eigenvalue weighted by atomic mass is 35.5. The van der Waals surface area contributed by atoms with Crippen LogP contribution >= 0.6 is 11.6 Å². The second-order valence-corrected chi connectivity index (χ2v) is 7.85. The van der Waals surface area contributed by atoms with Crippen LogP contribution in [0.4, 0.5) is 16.2 Å². The molecule has 32 heavy (non-hydrogen) atoms. The smallest absolute Gasteiger partial charge is 0.323 e. The summed E-state index contributed by atoms with van der Waals surface area (Å²) in [7, 11) is 4.11. The Kier molecular flexibility index (Phi) is 6.53. The normalized spacial score (nSPS) is 11.0. The van der Waals surface area contributed by atoms with Gasteiger partial charge in [-0.25, -0.2) is 14.8 Å². The summed E-state index contributed by atoms with van der Waals surface area (Å²) in [4.78, 5) is 22.6. The van der Waals surface area contributed by atoms with Gasteiger partial charge in [0.1, 0.15) is 5.75 Å². The first kappa shape index (κ1) is 21.6. The average Bonchev–Trinajstić information content (AvgIpc) is 3.17. The number of likely N-dealkylation sites (N-methyl/N-ethyl adjacent to an activating group) is 1. The molecule has 2 aromatic carbocycles. The Morgan fingerprint density at radius 1 is 1.06 bits per heavy atom. The van der Waals surface area contributed by atoms with Gasteiger partial charge in [0.25, 0.3) is 0 Å². The van der Waals surface area contributed by atoms with Gasteiger partial charge in [0.05, 0.1) is 5.02 Å². The van der Waals surface area contributed by atoms with E-state index in [4.69, 9.17) is 16.3 Å². The minimum atomic E-state index is -0.368. The van der Waals surface area contributed by atoms with E-state index in [0.717, 1.165) is 24.0 Å². The largest absolute Gasteiger partial charge is 0.423 e. The van der Waals surface area contributed by atoms with E-state index in [1.54, 1.807) is 36.7 Å². The Labute approximate surface area is 190 Å². The number of ether oxygens (including phenoxy) is 1. The van der Waals surface area contributed by atoms with Gasteiger partial charge in [-0.05, 0) is 62.6 Å². The van der Waals surface area contributed by atoms with Gasteiger partial charge in [0, 0.05) is 54.0 Å². The van der Waals surface area contributed by atoms with Crippen molar-refractivity contribution in [3.8, 4) is 11.8 Å². The van der Waals surface area contributed by atoms with E-state index in [-0.39, 0.29) is 12.0 Å². The second kappa shape index (κ2) is 9.67. The number of carbonyl (C=O) groups excluding carboxylic acids is 1. The summed E-state index contributed by atoms with van der Waals surface area (Å²) in [5, 5.41) is 7.02. The molecule has 0 aliphatic rings. The Hall–Kier alpha value is -3.62. The number of aromatic nitrogens is 3. The summed E-state index contributed by atoms with van der Waals surface area (Å²) in [5.74, 6) is 0.396. The lowest BCUT2D eigenvalue weighted by Crippen LogP contribution is -2.19. The molecule has 0 atom stereocenters. The maximum absolute atomic E-state index is 12.5. The third-order valence-corrected chi connectivity index (χ3v) is 5.05. The Morgan fingerprint density at radius 2 is 1.78 bits per heavy atom. The molecule has 0 fully saturated rings. The van der Waals surface area contributed by atoms with Crippen molar-refractivity contribution in [1.29, 1.82) is 0 Å². The lowest BCUT2D eigenvalue weighted by atomic mass is 10.2. The molecule has 0 aliphatic heterocycles. The molecule has 4 rings (SSSR count). The van der Waals surface area contributed by atoms with E-state index in [0.29, 0.717) is 22.1 Å². The molecule has 0 aliphatic carbocycles. The van der Waals surface area contributed by atoms with Crippen LogP contribution < -0.4 is 15.4 Å². The molecule has 2 N–H and O–H groups in total. The highest BCUT2D eigenvalue weighted by molar-refractivity contribution is 6.32. The van der Waals surface area contributed by atoms with Crippen molar-refractivity contribution in [1.82, 2.24) is 19.4 Å². The summed E-state index contributed by atoms with van der Waals surface area (Å²) in [6.45, 7) is 1.86. The molecule has 164 valence electrons. The summed E-state index contributed by atoms with van der Waals surface area (Å²) < 4.78 is 7.75. The second-order valence-electron chi connectivity index (χ2n) is 7.44. The van der Waals surface area contributed by atoms with Crippen LogP contribution in [0.1, 0.15) is 0 Å². The van der Waals surface area contributed by atoms with Gasteiger partial charge in [-0.3, -0.25) is 0 Å². The fraction of sp³-hybridized carbons (Fsp3) is 0.174. The van der Waals surface area contributed by atoms with Crippen molar-refractivity contribution in [2.24, 2.45) is 0 Å². The van der Waals surface area contributed by atoms with Gasteiger partial charge in [-0.1, -0.05) is 11.6 Å². The third kappa shape index (κ3) is 5.35. The topological polar surface area (TPSA) is 84.3 Å². The molecule has 0 saturated heterocycles. The first-order valence-corrected chi connectivity index (χ1v) is 10.4. The molecule has 0 saturated carbocycles. The number of anilines is 2. The number of nitrogens with zero attached hydrogens (tertiary/aromatic N) is 4. The SMILES string of the molecule is CN(C)CCn1ccc2cc(NC(=O)Nc3ccc(Oc4ncccn4)c(Cl)c3)ccc21. The van der Waals surface area contributed by atoms with Gasteiger partial charge < -0.3 is 24.8 Å². The standard InChI is InChI=1S/C23H23ClN6O2/c1-29(2)12-13-30-11-8-16-14-17(4-6-20(16)30)27-22(31)28-18-5-7-21(19(24)15-18)32-23-25-9-3-10-26-23/h3-11,14-15H,12-13H2,1-2H3,(H2,27,28,31). The molecule has 2 aromatic heterocycles. The highest BCUT2D eigenvalue weighted by Gasteiger charge is 2.09. The van der Waals surface area contributed by atoms with Crippen LogP contribution in [0.15, 0.2) is 67.1 Å². The third-order valence-electron chi connectivity index (χ3n) is 4.75. The number of nitrogens with one attached hydrogen (secondary N) is 2. The molecule has 0 unspecified atom stereocenters. The number of halogens is 1. The fourth-order valence-electron chi connectivity index (χ4n) is 3.17. The van der Waals surface area contributed by atoms with Crippen molar-refractivity contribution in [2.45, 2.75) is 6.54 Å². The fourth-order valence-corrected chi connectivity index (χ4v) is 3.39. The minimum Gasteiger partial charge on any atom is -0.423 e. The van der Waals surface area contributed by atoms with Crippen LogP contribution in [0.3, 0.4) is 0 Å². The van der Waals surface area contributed by atoms with Crippen LogP contribution in [0.25, 0.3) is 10.9 Å². The average molecular weight is 451 g/mol. The number of carbonyl (C=O) groups is 1. The molecule has 0 spiro atoms. The number of urea groups is 1. The molecule has 2 heterocycles. The van der Waals surface area contributed by atoms with E-state index in [1.807, 2.05) is 24.3 Å². The predicted octanol–water partition coefficient (Wildman–Crippen LogP) is 5.08. The zero-order valence-corrected chi connectivity index (χ0v) is 18.5. The number of hydrogen-bond acceptors (Lipinski definition) is 5. The molecular weight excluding hydrogens is 428 g/mol. The number of fused-ring (bicyclic) bond motifs is 1. The first-order valence-electron chi connectivity index (χ1n) is 10.0. The maximum atomic E-state index is 12.5. The monoisotopic (exact) mass is 450 g/mol. The van der Waals surface area contributed by atoms with Crippen LogP contribution in [-0.4, -0.2) is 46.1 Å². The molecular formula is C23H23ClN6O2. The lowest BCUT2D eigenvalue weighted by Gasteiger charge is -2.12. The van der Waals surface area contributed by atoms with E-state index >= 15 is 0 Å². The van der Waals surface area contributed by atoms with Crippen LogP contribution in [0.2, 0.25) is 5.02 Å². The van der Waals surface area contributed by atoms with Crippen LogP contribution in [-0.2, 0) is 6.54 Å². The van der Waals surface area contributed by atoms with Crippen LogP contribution in [0, 0.1) is 0 Å². The maximum Gasteiger partial charge on any atom is 0.323 e. The van der Waals surface area contributed by atoms with Crippen molar-refractivity contribution in [2.75, 3.05) is 31.3 Å². The number of hydrogen-bond donors (Lipinski definition) is 2. The lowest BCUT2D eigenvalue weighted by molar-refractivity contribution is 0.262. The molecule has 0 radical (unpaired) electrons. The Morgan fingerprint density at radius 3 is 2.50 bits per heavy atom. The van der Waals surface area contributed by atoms with E-state index < -0.39 is 0 Å². The van der Waals surface area contributed by atoms with Gasteiger partial charge >= 0.3 is 12.0 Å². The molecule has 2 amide bonds. The summed E-state index contributed by atoms with van der Waals surface area (Å²) in [6.07, 6.45) is 5.21. The van der Waals surface area contributed by atoms with Gasteiger partial charge in [0.2, 0.25) is 0 Å². The van der Waals surface area contributed by atoms with Crippen LogP contribution in [0.5, 0.6) is 11.8 Å². The van der Waals surface area contributed by atoms with Gasteiger partial charge in [-0.15, -0.1) is 0 Å². The first-order chi connectivity index (χ1) is 15.5. The summed E-state index contributed by atoms with van der Waals surface area (Å²) >= 11 is 6.28. The van der Waals surface area contributed by atoms with E-state index in [9.17, 15) is 4.79 Å². The van der Waals surface area contributed by atoms with Crippen molar-refractivity contribution >= 4 is 39.9 Å². The molecule has 8 nitrogen and oxygen atoms in total.